The van der Waals surface area contributed by atoms with Gasteiger partial charge in [-0.25, -0.2) is 4.57 Å². The predicted octanol–water partition coefficient (Wildman–Crippen LogP) is 0.567. The molecule has 0 fully saturated rings. The summed E-state index contributed by atoms with van der Waals surface area (Å²) in [6.07, 6.45) is 9.37. The fourth-order valence-electron chi connectivity index (χ4n) is 3.83. The second-order valence-electron chi connectivity index (χ2n) is 8.16. The minimum Gasteiger partial charge on any atom is -1.00 e. The number of pyridine rings is 1. The van der Waals surface area contributed by atoms with Gasteiger partial charge in [-0.15, -0.1) is 0 Å². The van der Waals surface area contributed by atoms with E-state index in [0.29, 0.717) is 0 Å². The fourth-order valence-corrected chi connectivity index (χ4v) is 3.83. The Hall–Kier alpha value is -2.31. The lowest BCUT2D eigenvalue weighted by atomic mass is 10.1. The number of hydrogen-bond acceptors (Lipinski definition) is 3. The molecular formula is C28H35BrN2O2. The Balaban J connectivity index is 0.000000227. The lowest BCUT2D eigenvalue weighted by molar-refractivity contribution is -0.697. The molecule has 0 unspecified atom stereocenters. The summed E-state index contributed by atoms with van der Waals surface area (Å²) in [5.74, 6) is 0. The molecule has 1 aliphatic rings. The van der Waals surface area contributed by atoms with E-state index in [1.54, 1.807) is 0 Å². The number of nitrogens with zero attached hydrogens (tertiary/aromatic N) is 2. The summed E-state index contributed by atoms with van der Waals surface area (Å²) in [6, 6.07) is 24.9. The van der Waals surface area contributed by atoms with Gasteiger partial charge < -0.3 is 27.2 Å². The normalized spacial score (nSPS) is 13.3. The van der Waals surface area contributed by atoms with E-state index in [2.05, 4.69) is 70.1 Å². The summed E-state index contributed by atoms with van der Waals surface area (Å²) < 4.78 is 2.11. The molecule has 4 nitrogen and oxygen atoms in total. The van der Waals surface area contributed by atoms with E-state index in [4.69, 9.17) is 10.2 Å². The zero-order valence-electron chi connectivity index (χ0n) is 19.2. The van der Waals surface area contributed by atoms with Crippen molar-refractivity contribution >= 4 is 0 Å². The molecular weight excluding hydrogens is 476 g/mol. The molecule has 1 aliphatic heterocycles. The van der Waals surface area contributed by atoms with Gasteiger partial charge in [0.25, 0.3) is 0 Å². The highest BCUT2D eigenvalue weighted by Crippen LogP contribution is 2.10. The number of hydrogen-bond donors (Lipinski definition) is 2. The third kappa shape index (κ3) is 10.0. The van der Waals surface area contributed by atoms with Crippen LogP contribution in [0.3, 0.4) is 0 Å². The quantitative estimate of drug-likeness (QED) is 0.344. The summed E-state index contributed by atoms with van der Waals surface area (Å²) in [4.78, 5) is 2.42. The summed E-state index contributed by atoms with van der Waals surface area (Å²) in [5, 5.41) is 18.1. The van der Waals surface area contributed by atoms with Crippen LogP contribution in [0.4, 0.5) is 0 Å². The summed E-state index contributed by atoms with van der Waals surface area (Å²) in [6.45, 7) is 4.40. The van der Waals surface area contributed by atoms with Crippen LogP contribution in [0, 0.1) is 0 Å². The average Bonchev–Trinajstić information content (AvgIpc) is 2.88. The van der Waals surface area contributed by atoms with Crippen LogP contribution in [0.2, 0.25) is 0 Å². The minimum absolute atomic E-state index is 0. The van der Waals surface area contributed by atoms with Crippen molar-refractivity contribution in [3.8, 4) is 0 Å². The van der Waals surface area contributed by atoms with Gasteiger partial charge in [0.15, 0.2) is 18.9 Å². The van der Waals surface area contributed by atoms with E-state index in [9.17, 15) is 0 Å². The van der Waals surface area contributed by atoms with Crippen LogP contribution in [0.5, 0.6) is 0 Å². The van der Waals surface area contributed by atoms with Crippen LogP contribution in [-0.4, -0.2) is 41.4 Å². The van der Waals surface area contributed by atoms with Crippen LogP contribution in [0.15, 0.2) is 96.8 Å². The first-order chi connectivity index (χ1) is 15.8. The van der Waals surface area contributed by atoms with Gasteiger partial charge in [0, 0.05) is 37.7 Å². The Morgan fingerprint density at radius 2 is 1.39 bits per heavy atom. The molecule has 0 saturated heterocycles. The van der Waals surface area contributed by atoms with E-state index >= 15 is 0 Å². The van der Waals surface area contributed by atoms with Gasteiger partial charge in [-0.3, -0.25) is 4.90 Å². The van der Waals surface area contributed by atoms with Crippen LogP contribution < -0.4 is 21.5 Å². The van der Waals surface area contributed by atoms with Crippen LogP contribution in [0.25, 0.3) is 0 Å². The summed E-state index contributed by atoms with van der Waals surface area (Å²) in [5.41, 5.74) is 4.85. The van der Waals surface area contributed by atoms with Crippen LogP contribution in [0.1, 0.15) is 23.1 Å². The lowest BCUT2D eigenvalue weighted by Crippen LogP contribution is -3.00. The molecule has 2 aromatic carbocycles. The third-order valence-electron chi connectivity index (χ3n) is 5.67. The Morgan fingerprint density at radius 3 is 2.03 bits per heavy atom. The molecule has 2 N–H and O–H groups in total. The number of aliphatic hydroxyl groups is 2. The number of halogens is 1. The minimum atomic E-state index is 0. The van der Waals surface area contributed by atoms with Crippen molar-refractivity contribution in [3.05, 3.63) is 114 Å². The fraction of sp³-hybridized carbons (Fsp3) is 0.321. The van der Waals surface area contributed by atoms with Crippen molar-refractivity contribution in [3.63, 3.8) is 0 Å². The van der Waals surface area contributed by atoms with E-state index in [1.165, 1.54) is 16.7 Å². The van der Waals surface area contributed by atoms with Gasteiger partial charge in [0.05, 0.1) is 13.2 Å². The van der Waals surface area contributed by atoms with Crippen molar-refractivity contribution in [2.45, 2.75) is 32.4 Å². The molecule has 5 heteroatoms. The third-order valence-corrected chi connectivity index (χ3v) is 5.67. The molecule has 1 aromatic heterocycles. The van der Waals surface area contributed by atoms with Crippen molar-refractivity contribution < 1.29 is 31.8 Å². The zero-order chi connectivity index (χ0) is 22.4. The highest BCUT2D eigenvalue weighted by atomic mass is 79.9. The molecule has 0 radical (unpaired) electrons. The highest BCUT2D eigenvalue weighted by molar-refractivity contribution is 5.16. The lowest BCUT2D eigenvalue weighted by Gasteiger charge is -2.26. The maximum Gasteiger partial charge on any atom is 0.174 e. The Morgan fingerprint density at radius 1 is 0.758 bits per heavy atom. The van der Waals surface area contributed by atoms with E-state index < -0.39 is 0 Å². The smallest absolute Gasteiger partial charge is 0.174 e. The van der Waals surface area contributed by atoms with Crippen LogP contribution in [-0.2, 0) is 26.0 Å². The Labute approximate surface area is 208 Å². The molecule has 0 amide bonds. The number of aryl methyl sites for hydroxylation is 2. The second kappa shape index (κ2) is 15.5. The molecule has 4 rings (SSSR count). The molecule has 0 atom stereocenters. The van der Waals surface area contributed by atoms with Gasteiger partial charge in [0.1, 0.15) is 0 Å². The van der Waals surface area contributed by atoms with Gasteiger partial charge in [-0.1, -0.05) is 66.7 Å². The maximum atomic E-state index is 9.10. The van der Waals surface area contributed by atoms with Gasteiger partial charge in [0.2, 0.25) is 0 Å². The van der Waals surface area contributed by atoms with E-state index in [1.807, 2.05) is 30.6 Å². The first-order valence-electron chi connectivity index (χ1n) is 11.4. The number of benzene rings is 2. The molecule has 3 aromatic rings. The summed E-state index contributed by atoms with van der Waals surface area (Å²) >= 11 is 0. The van der Waals surface area contributed by atoms with Crippen molar-refractivity contribution in [2.75, 3.05) is 26.2 Å². The van der Waals surface area contributed by atoms with E-state index in [-0.39, 0.29) is 30.2 Å². The SMILES string of the molecule is OCC1=CCCN(CCc2ccccc2)C1.OCc1ccc[n+](CCc2ccccc2)c1.[Br-]. The average molecular weight is 512 g/mol. The molecule has 176 valence electrons. The number of aromatic nitrogens is 1. The zero-order valence-corrected chi connectivity index (χ0v) is 20.8. The molecule has 2 heterocycles. The molecule has 0 aliphatic carbocycles. The first kappa shape index (κ1) is 26.9. The van der Waals surface area contributed by atoms with Crippen LogP contribution >= 0.6 is 0 Å². The molecule has 33 heavy (non-hydrogen) atoms. The summed E-state index contributed by atoms with van der Waals surface area (Å²) in [7, 11) is 0. The second-order valence-corrected chi connectivity index (χ2v) is 8.16. The van der Waals surface area contributed by atoms with Gasteiger partial charge in [-0.05, 0) is 35.6 Å². The predicted molar refractivity (Wildman–Crippen MR) is 129 cm³/mol. The first-order valence-corrected chi connectivity index (χ1v) is 11.4. The van der Waals surface area contributed by atoms with Crippen molar-refractivity contribution in [1.29, 1.82) is 0 Å². The van der Waals surface area contributed by atoms with Crippen molar-refractivity contribution in [1.82, 2.24) is 4.90 Å². The van der Waals surface area contributed by atoms with Gasteiger partial charge >= 0.3 is 0 Å². The molecule has 0 bridgehead atoms. The Kier molecular flexibility index (Phi) is 12.7. The highest BCUT2D eigenvalue weighted by Gasteiger charge is 2.11. The Bertz CT molecular complexity index is 948. The largest absolute Gasteiger partial charge is 1.00 e. The van der Waals surface area contributed by atoms with E-state index in [0.717, 1.165) is 51.0 Å². The standard InChI is InChI=1S/C14H19NO.C14H16NO.BrH/c2*16-12-14-7-4-9-15(11-14)10-8-13-5-2-1-3-6-13;/h1-3,5-7,16H,4,8-12H2;1-7,9,11,16H,8,10,12H2;1H/q;+1;/p-1. The van der Waals surface area contributed by atoms with Gasteiger partial charge in [-0.2, -0.15) is 0 Å². The molecule has 0 saturated carbocycles. The topological polar surface area (TPSA) is 47.6 Å². The van der Waals surface area contributed by atoms with Crippen molar-refractivity contribution in [2.24, 2.45) is 0 Å². The number of aliphatic hydroxyl groups excluding tert-OH is 2. The maximum absolute atomic E-state index is 9.10. The monoisotopic (exact) mass is 510 g/mol. The molecule has 0 spiro atoms. The number of rotatable bonds is 8.